The Morgan fingerprint density at radius 2 is 0.825 bits per heavy atom. The first kappa shape index (κ1) is 96.5. The number of fused-ring (bicyclic) bond motifs is 6. The molecule has 14 atom stereocenters. The number of nitrogen functional groups attached to an aromatic ring is 2. The molecule has 58 heteroatoms. The molecule has 0 radical (unpaired) electrons. The van der Waals surface area contributed by atoms with Crippen LogP contribution in [0.3, 0.4) is 0 Å². The maximum atomic E-state index is 13.0. The number of hydrogen-bond acceptors (Lipinski definition) is 36. The number of alkyl carbamates (subject to hydrolysis) is 2. The van der Waals surface area contributed by atoms with Crippen LogP contribution in [0.5, 0.6) is 0 Å². The highest BCUT2D eigenvalue weighted by molar-refractivity contribution is 7.67. The molecule has 0 aliphatic carbocycles. The number of carbonyl (C=O) groups is 4. The van der Waals surface area contributed by atoms with Crippen molar-refractivity contribution in [3.05, 3.63) is 118 Å². The van der Waals surface area contributed by atoms with E-state index in [0.29, 0.717) is 25.9 Å². The summed E-state index contributed by atoms with van der Waals surface area (Å²) in [5.74, 6) is -1.27. The molecule has 12 rings (SSSR count). The lowest BCUT2D eigenvalue weighted by molar-refractivity contribution is -0.645. The zero-order chi connectivity index (χ0) is 92.0. The molecular formula is C68H90N20O32P6. The van der Waals surface area contributed by atoms with E-state index in [4.69, 9.17) is 40.2 Å². The van der Waals surface area contributed by atoms with Crippen molar-refractivity contribution >= 4 is 172 Å². The van der Waals surface area contributed by atoms with E-state index in [9.17, 15) is 95.7 Å². The van der Waals surface area contributed by atoms with Gasteiger partial charge in [0, 0.05) is 177 Å². The second-order valence-electron chi connectivity index (χ2n) is 29.0. The van der Waals surface area contributed by atoms with Crippen LogP contribution < -0.4 is 82.4 Å². The second-order valence-corrected chi connectivity index (χ2v) is 37.8. The number of anilines is 6. The summed E-state index contributed by atoms with van der Waals surface area (Å²) in [5.41, 5.74) is 17.1. The van der Waals surface area contributed by atoms with Crippen LogP contribution in [0.25, 0.3) is 65.9 Å². The van der Waals surface area contributed by atoms with E-state index in [1.54, 1.807) is 0 Å². The van der Waals surface area contributed by atoms with Crippen molar-refractivity contribution in [1.82, 2.24) is 60.3 Å². The Hall–Kier alpha value is -10.1. The van der Waals surface area contributed by atoms with Gasteiger partial charge in [0.15, 0.2) is 47.0 Å². The van der Waals surface area contributed by atoms with Crippen molar-refractivity contribution in [3.8, 4) is 0 Å². The molecule has 0 saturated carbocycles. The number of benzene rings is 4. The van der Waals surface area contributed by atoms with E-state index in [0.717, 1.165) is 88.2 Å². The van der Waals surface area contributed by atoms with Crippen molar-refractivity contribution < 1.29 is 150 Å². The number of ether oxygens (including phenoxy) is 4. The topological polar surface area (TPSA) is 719 Å². The summed E-state index contributed by atoms with van der Waals surface area (Å²) < 4.78 is 123. The molecule has 2 saturated heterocycles. The summed E-state index contributed by atoms with van der Waals surface area (Å²) in [4.78, 5) is 183. The summed E-state index contributed by atoms with van der Waals surface area (Å²) >= 11 is 0. The average Bonchev–Trinajstić information content (AvgIpc) is 0.871. The Labute approximate surface area is 712 Å². The van der Waals surface area contributed by atoms with Crippen molar-refractivity contribution in [2.45, 2.75) is 87.9 Å². The molecule has 6 aromatic heterocycles. The molecule has 0 bridgehead atoms. The highest BCUT2D eigenvalue weighted by Gasteiger charge is 2.52. The summed E-state index contributed by atoms with van der Waals surface area (Å²) in [7, 11) is -19.5. The van der Waals surface area contributed by atoms with Crippen LogP contribution in [0.2, 0.25) is 0 Å². The molecule has 126 heavy (non-hydrogen) atoms. The maximum Gasteiger partial charge on any atom is 0.487 e. The van der Waals surface area contributed by atoms with Gasteiger partial charge in [-0.1, -0.05) is 0 Å². The lowest BCUT2D eigenvalue weighted by Crippen LogP contribution is -2.42. The normalized spacial score (nSPS) is 20.5. The summed E-state index contributed by atoms with van der Waals surface area (Å²) in [6.07, 6.45) is -12.8. The number of aryl methyl sites for hydroxylation is 2. The number of carbonyl (C=O) groups excluding carboxylic acids is 4. The molecule has 6 unspecified atom stereocenters. The van der Waals surface area contributed by atoms with Crippen LogP contribution in [0.4, 0.5) is 44.2 Å². The molecule has 0 spiro atoms. The molecule has 4 amide bonds. The highest BCUT2D eigenvalue weighted by Crippen LogP contribution is 2.67. The third kappa shape index (κ3) is 24.8. The first-order chi connectivity index (χ1) is 59.0. The average molecular weight is 1890 g/mol. The van der Waals surface area contributed by atoms with Gasteiger partial charge in [0.25, 0.3) is 26.8 Å². The fourth-order valence-electron chi connectivity index (χ4n) is 13.4. The van der Waals surface area contributed by atoms with Gasteiger partial charge >= 0.3 is 43.5 Å². The minimum absolute atomic E-state index is 0.0271. The highest BCUT2D eigenvalue weighted by atomic mass is 31.3. The molecule has 684 valence electrons. The van der Waals surface area contributed by atoms with Crippen LogP contribution in [0, 0.1) is 0 Å². The van der Waals surface area contributed by atoms with Gasteiger partial charge in [-0.05, 0) is 60.7 Å². The first-order valence-electron chi connectivity index (χ1n) is 37.6. The first-order valence-corrected chi connectivity index (χ1v) is 46.6. The number of phosphoric ester groups is 2. The summed E-state index contributed by atoms with van der Waals surface area (Å²) in [5, 5.41) is 36.9. The lowest BCUT2D eigenvalue weighted by atomic mass is 10.1. The summed E-state index contributed by atoms with van der Waals surface area (Å²) in [6.45, 7) is -1.63. The van der Waals surface area contributed by atoms with Gasteiger partial charge in [-0.25, -0.2) is 46.4 Å². The van der Waals surface area contributed by atoms with Gasteiger partial charge in [-0.3, -0.25) is 56.5 Å². The van der Waals surface area contributed by atoms with E-state index in [-0.39, 0.29) is 85.1 Å². The predicted octanol–water partition coefficient (Wildman–Crippen LogP) is 0.177. The van der Waals surface area contributed by atoms with Crippen molar-refractivity contribution in [3.63, 3.8) is 0 Å². The van der Waals surface area contributed by atoms with Gasteiger partial charge < -0.3 is 121 Å². The lowest BCUT2D eigenvalue weighted by Gasteiger charge is -2.23. The molecule has 2 fully saturated rings. The second kappa shape index (κ2) is 39.6. The molecule has 8 heterocycles. The van der Waals surface area contributed by atoms with Gasteiger partial charge in [0.05, 0.1) is 25.9 Å². The third-order valence-corrected chi connectivity index (χ3v) is 26.7. The Kier molecular flexibility index (Phi) is 30.3. The number of aromatic amines is 2. The zero-order valence-electron chi connectivity index (χ0n) is 67.9. The Bertz CT molecular complexity index is 6060. The molecular weight excluding hydrogens is 1790 g/mol. The number of H-pyrrole nitrogens is 2. The number of rotatable bonds is 36. The number of hydrogen-bond donors (Lipinski definition) is 16. The number of imidazole rings is 2. The smallest absolute Gasteiger partial charge is 0.487 e. The minimum Gasteiger partial charge on any atom is -0.756 e. The number of nitrogens with zero attached hydrogens (tertiary/aromatic N) is 12. The Morgan fingerprint density at radius 3 is 1.19 bits per heavy atom. The molecule has 18 N–H and O–H groups in total. The van der Waals surface area contributed by atoms with Crippen LogP contribution >= 0.6 is 46.9 Å². The van der Waals surface area contributed by atoms with Crippen LogP contribution in [-0.2, 0) is 95.3 Å². The van der Waals surface area contributed by atoms with Crippen molar-refractivity contribution in [2.24, 2.45) is 0 Å². The van der Waals surface area contributed by atoms with Crippen LogP contribution in [0.1, 0.15) is 38.1 Å². The van der Waals surface area contributed by atoms with Gasteiger partial charge in [0.1, 0.15) is 37.5 Å². The number of aromatic nitrogens is 10. The number of aliphatic hydroxyl groups is 2. The van der Waals surface area contributed by atoms with Crippen molar-refractivity contribution in [2.75, 3.05) is 127 Å². The fourth-order valence-corrected chi connectivity index (χ4v) is 19.4. The minimum atomic E-state index is -5.96. The Balaban J connectivity index is 0.000000245. The van der Waals surface area contributed by atoms with Crippen molar-refractivity contribution in [1.29, 1.82) is 0 Å². The van der Waals surface area contributed by atoms with E-state index in [2.05, 4.69) is 147 Å². The van der Waals surface area contributed by atoms with Crippen LogP contribution in [-0.4, -0.2) is 235 Å². The largest absolute Gasteiger partial charge is 0.756 e. The Morgan fingerprint density at radius 1 is 0.484 bits per heavy atom. The number of nitrogens with two attached hydrogens (primary N) is 2. The molecule has 2 aliphatic rings. The molecule has 2 aliphatic heterocycles. The van der Waals surface area contributed by atoms with E-state index < -0.39 is 133 Å². The number of phosphoric acid groups is 6. The molecule has 52 nitrogen and oxygen atoms in total. The third-order valence-electron chi connectivity index (χ3n) is 19.1. The predicted molar refractivity (Wildman–Crippen MR) is 442 cm³/mol. The standard InChI is InChI=1S/2C34H45N10O16P3/c1-41(2)21-9-7-19-14-20-8-10-22(42(3)4)16-24(20)43(23(19)15-21)13-5-6-26(45)36-11-12-37-34(48)58-29-25(17-56-62(52,53)60-63(54,55)59-61(49,50)51)57-32(28(29)46)44-18-38-27-30(44)39-33(35)40-31(27)47;1-41(2)21-9-7-19-14-20-8-10-22(42(3)4)16-24(20)43(23(19)15-21)13-5-6-26(45)36-11-12-37-34(48)58-29-28(46)25(17-56-62(52,53)60-63(54,55)59-61(49,50)51)57-32(29)44-18-38-27-30(44)39-33(35)40-31(27)47/h2*7-10,14-16,18,25,28-29,32,46H,5-6,11-13,17H2,1-4H3,(H8-,35,36,37,39,40,45,47,48,49,50,51,52,53,54,55)/t2*25-,28-,29-,32-/m11/s1. The molecule has 10 aromatic rings. The number of pyridine rings is 2. The monoisotopic (exact) mass is 1880 g/mol. The SMILES string of the molecule is CN(C)c1ccc2cc3ccc(N(C)C)cc3[n+](CCCC(=O)NCCNC(=O)O[C@@H]3[C@H](O)[C@@H](COP(=O)(O)OP(=O)(O)OP(=O)([O-])O)O[C@H]3n3cnc4c(=O)[nH]c(N)nc43)c2c1.CN(C)c1ccc2cc3ccc(N(C)C)cc3[n+](CCCC(=O)NCCNC(=O)O[C@H]3[C@@H](O)[C@H](n4cnc5c(=O)[nH]c(N)nc54)O[C@@H]3COP(=O)(O)OP(=O)(O)OP(=O)([O-])O)c2c1. The van der Waals surface area contributed by atoms with E-state index >= 15 is 0 Å². The quantitative estimate of drug-likeness (QED) is 0.0108. The number of aliphatic hydroxyl groups excluding tert-OH is 2. The molecule has 4 aromatic carbocycles. The van der Waals surface area contributed by atoms with E-state index in [1.165, 1.54) is 0 Å². The van der Waals surface area contributed by atoms with E-state index in [1.807, 2.05) is 100 Å². The van der Waals surface area contributed by atoms with Gasteiger partial charge in [-0.15, -0.1) is 0 Å². The van der Waals surface area contributed by atoms with Gasteiger partial charge in [-0.2, -0.15) is 27.7 Å². The number of amides is 4. The maximum absolute atomic E-state index is 13.0. The summed E-state index contributed by atoms with van der Waals surface area (Å²) in [6, 6.07) is 29.1. The van der Waals surface area contributed by atoms with Gasteiger partial charge in [0.2, 0.25) is 45.8 Å². The zero-order valence-corrected chi connectivity index (χ0v) is 73.3. The van der Waals surface area contributed by atoms with Crippen LogP contribution in [0.15, 0.2) is 107 Å². The number of nitrogens with one attached hydrogen (secondary N) is 6. The fraction of sp³-hybridized carbons (Fsp3) is 0.412.